The van der Waals surface area contributed by atoms with Gasteiger partial charge in [-0.15, -0.1) is 0 Å². The predicted octanol–water partition coefficient (Wildman–Crippen LogP) is 3.40. The summed E-state index contributed by atoms with van der Waals surface area (Å²) in [7, 11) is 0. The molecule has 3 rings (SSSR count). The maximum Gasteiger partial charge on any atom is 0.267 e. The summed E-state index contributed by atoms with van der Waals surface area (Å²) in [4.78, 5) is 14.1. The van der Waals surface area contributed by atoms with Crippen LogP contribution in [0.25, 0.3) is 0 Å². The van der Waals surface area contributed by atoms with Crippen LogP contribution in [0.2, 0.25) is 0 Å². The third-order valence-corrected chi connectivity index (χ3v) is 5.05. The SMILES string of the molecule is CCN1C(=O)C(C)Oc2ccc(C(N)C3CCCCC3)cc21. The van der Waals surface area contributed by atoms with Crippen molar-refractivity contribution in [2.24, 2.45) is 11.7 Å². The van der Waals surface area contributed by atoms with E-state index in [-0.39, 0.29) is 11.9 Å². The molecule has 22 heavy (non-hydrogen) atoms. The maximum absolute atomic E-state index is 12.3. The molecule has 2 N–H and O–H groups in total. The number of benzene rings is 1. The first kappa shape index (κ1) is 15.3. The fraction of sp³-hybridized carbons (Fsp3) is 0.611. The molecule has 0 spiro atoms. The number of hydrogen-bond acceptors (Lipinski definition) is 3. The van der Waals surface area contributed by atoms with Gasteiger partial charge in [0.15, 0.2) is 6.10 Å². The summed E-state index contributed by atoms with van der Waals surface area (Å²) in [6, 6.07) is 6.15. The fourth-order valence-corrected chi connectivity index (χ4v) is 3.72. The van der Waals surface area contributed by atoms with Gasteiger partial charge in [-0.3, -0.25) is 4.79 Å². The van der Waals surface area contributed by atoms with Crippen molar-refractivity contribution in [1.82, 2.24) is 0 Å². The van der Waals surface area contributed by atoms with Crippen molar-refractivity contribution >= 4 is 11.6 Å². The van der Waals surface area contributed by atoms with Crippen LogP contribution in [-0.2, 0) is 4.79 Å². The minimum absolute atomic E-state index is 0.0263. The zero-order valence-electron chi connectivity index (χ0n) is 13.5. The van der Waals surface area contributed by atoms with Crippen molar-refractivity contribution in [2.45, 2.75) is 58.1 Å². The Morgan fingerprint density at radius 2 is 2.05 bits per heavy atom. The maximum atomic E-state index is 12.3. The van der Waals surface area contributed by atoms with Gasteiger partial charge in [-0.05, 0) is 50.3 Å². The number of anilines is 1. The first-order valence-corrected chi connectivity index (χ1v) is 8.49. The van der Waals surface area contributed by atoms with E-state index in [1.165, 1.54) is 32.1 Å². The molecule has 0 bridgehead atoms. The minimum atomic E-state index is -0.412. The number of carbonyl (C=O) groups is 1. The number of nitrogens with two attached hydrogens (primary N) is 1. The molecule has 0 aromatic heterocycles. The number of amides is 1. The van der Waals surface area contributed by atoms with E-state index >= 15 is 0 Å². The molecule has 0 saturated heterocycles. The number of rotatable bonds is 3. The third-order valence-electron chi connectivity index (χ3n) is 5.05. The third kappa shape index (κ3) is 2.72. The summed E-state index contributed by atoms with van der Waals surface area (Å²) in [6.45, 7) is 4.45. The number of carbonyl (C=O) groups excluding carboxylic acids is 1. The smallest absolute Gasteiger partial charge is 0.267 e. The Kier molecular flexibility index (Phi) is 4.39. The van der Waals surface area contributed by atoms with Crippen molar-refractivity contribution in [2.75, 3.05) is 11.4 Å². The van der Waals surface area contributed by atoms with Crippen LogP contribution in [0.3, 0.4) is 0 Å². The lowest BCUT2D eigenvalue weighted by Gasteiger charge is -2.34. The van der Waals surface area contributed by atoms with Gasteiger partial charge in [-0.2, -0.15) is 0 Å². The molecule has 2 aliphatic rings. The van der Waals surface area contributed by atoms with Gasteiger partial charge in [0.25, 0.3) is 5.91 Å². The second-order valence-corrected chi connectivity index (χ2v) is 6.49. The van der Waals surface area contributed by atoms with E-state index < -0.39 is 6.10 Å². The van der Waals surface area contributed by atoms with Crippen molar-refractivity contribution in [1.29, 1.82) is 0 Å². The van der Waals surface area contributed by atoms with Crippen molar-refractivity contribution in [3.05, 3.63) is 23.8 Å². The van der Waals surface area contributed by atoms with E-state index in [1.807, 2.05) is 13.0 Å². The second-order valence-electron chi connectivity index (χ2n) is 6.49. The number of hydrogen-bond donors (Lipinski definition) is 1. The van der Waals surface area contributed by atoms with Gasteiger partial charge in [-0.25, -0.2) is 0 Å². The van der Waals surface area contributed by atoms with Crippen LogP contribution in [-0.4, -0.2) is 18.6 Å². The summed E-state index contributed by atoms with van der Waals surface area (Å²) in [5, 5.41) is 0. The molecule has 1 heterocycles. The highest BCUT2D eigenvalue weighted by molar-refractivity contribution is 5.99. The average Bonchev–Trinajstić information content (AvgIpc) is 2.56. The largest absolute Gasteiger partial charge is 0.479 e. The van der Waals surface area contributed by atoms with E-state index in [4.69, 9.17) is 10.5 Å². The highest BCUT2D eigenvalue weighted by Crippen LogP contribution is 2.39. The summed E-state index contributed by atoms with van der Waals surface area (Å²) < 4.78 is 5.72. The van der Waals surface area contributed by atoms with Crippen LogP contribution < -0.4 is 15.4 Å². The van der Waals surface area contributed by atoms with Crippen LogP contribution in [0, 0.1) is 5.92 Å². The Morgan fingerprint density at radius 1 is 1.32 bits per heavy atom. The Hall–Kier alpha value is -1.55. The quantitative estimate of drug-likeness (QED) is 0.931. The monoisotopic (exact) mass is 302 g/mol. The first-order valence-electron chi connectivity index (χ1n) is 8.49. The molecule has 1 aliphatic carbocycles. The summed E-state index contributed by atoms with van der Waals surface area (Å²) >= 11 is 0. The molecule has 2 atom stereocenters. The zero-order valence-corrected chi connectivity index (χ0v) is 13.5. The van der Waals surface area contributed by atoms with Gasteiger partial charge in [-0.1, -0.05) is 25.3 Å². The molecule has 0 radical (unpaired) electrons. The van der Waals surface area contributed by atoms with E-state index in [9.17, 15) is 4.79 Å². The Bertz CT molecular complexity index is 552. The van der Waals surface area contributed by atoms with Crippen LogP contribution in [0.1, 0.15) is 57.6 Å². The summed E-state index contributed by atoms with van der Waals surface area (Å²) in [5.41, 5.74) is 8.50. The molecular formula is C18H26N2O2. The molecule has 1 aromatic carbocycles. The van der Waals surface area contributed by atoms with Gasteiger partial charge in [0, 0.05) is 12.6 Å². The van der Waals surface area contributed by atoms with Crippen molar-refractivity contribution in [3.63, 3.8) is 0 Å². The highest BCUT2D eigenvalue weighted by atomic mass is 16.5. The molecule has 1 aromatic rings. The van der Waals surface area contributed by atoms with Crippen LogP contribution >= 0.6 is 0 Å². The van der Waals surface area contributed by atoms with Gasteiger partial charge >= 0.3 is 0 Å². The molecule has 4 nitrogen and oxygen atoms in total. The number of likely N-dealkylation sites (N-methyl/N-ethyl adjacent to an activating group) is 1. The van der Waals surface area contributed by atoms with Crippen LogP contribution in [0.15, 0.2) is 18.2 Å². The van der Waals surface area contributed by atoms with Gasteiger partial charge in [0.05, 0.1) is 5.69 Å². The Balaban J connectivity index is 1.89. The molecule has 2 unspecified atom stereocenters. The summed E-state index contributed by atoms with van der Waals surface area (Å²) in [5.74, 6) is 1.37. The molecule has 1 fully saturated rings. The fourth-order valence-electron chi connectivity index (χ4n) is 3.72. The lowest BCUT2D eigenvalue weighted by molar-refractivity contribution is -0.125. The standard InChI is InChI=1S/C18H26N2O2/c1-3-20-15-11-14(17(19)13-7-5-4-6-8-13)9-10-16(15)22-12(2)18(20)21/h9-13,17H,3-8,19H2,1-2H3. The van der Waals surface area contributed by atoms with Gasteiger partial charge < -0.3 is 15.4 Å². The lowest BCUT2D eigenvalue weighted by Crippen LogP contribution is -2.44. The molecular weight excluding hydrogens is 276 g/mol. The predicted molar refractivity (Wildman–Crippen MR) is 88.1 cm³/mol. The molecule has 1 amide bonds. The number of fused-ring (bicyclic) bond motifs is 1. The summed E-state index contributed by atoms with van der Waals surface area (Å²) in [6.07, 6.45) is 5.90. The van der Waals surface area contributed by atoms with Gasteiger partial charge in [0.1, 0.15) is 5.75 Å². The first-order chi connectivity index (χ1) is 10.6. The number of nitrogens with zero attached hydrogens (tertiary/aromatic N) is 1. The Labute approximate surface area is 132 Å². The van der Waals surface area contributed by atoms with E-state index in [0.29, 0.717) is 12.5 Å². The highest BCUT2D eigenvalue weighted by Gasteiger charge is 2.31. The number of ether oxygens (including phenoxy) is 1. The molecule has 4 heteroatoms. The van der Waals surface area contributed by atoms with E-state index in [2.05, 4.69) is 12.1 Å². The second kappa shape index (κ2) is 6.29. The van der Waals surface area contributed by atoms with Crippen LogP contribution in [0.4, 0.5) is 5.69 Å². The lowest BCUT2D eigenvalue weighted by atomic mass is 9.81. The van der Waals surface area contributed by atoms with E-state index in [0.717, 1.165) is 17.0 Å². The Morgan fingerprint density at radius 3 is 2.73 bits per heavy atom. The minimum Gasteiger partial charge on any atom is -0.479 e. The van der Waals surface area contributed by atoms with Crippen molar-refractivity contribution < 1.29 is 9.53 Å². The molecule has 120 valence electrons. The molecule has 1 saturated carbocycles. The normalized spacial score (nSPS) is 23.9. The average molecular weight is 302 g/mol. The van der Waals surface area contributed by atoms with Crippen molar-refractivity contribution in [3.8, 4) is 5.75 Å². The molecule has 1 aliphatic heterocycles. The van der Waals surface area contributed by atoms with Crippen LogP contribution in [0.5, 0.6) is 5.75 Å². The van der Waals surface area contributed by atoms with E-state index in [1.54, 1.807) is 11.8 Å². The van der Waals surface area contributed by atoms with Gasteiger partial charge in [0.2, 0.25) is 0 Å². The zero-order chi connectivity index (χ0) is 15.7. The topological polar surface area (TPSA) is 55.6 Å².